The highest BCUT2D eigenvalue weighted by Crippen LogP contribution is 2.34. The van der Waals surface area contributed by atoms with E-state index >= 15 is 0 Å². The predicted octanol–water partition coefficient (Wildman–Crippen LogP) is 3.69. The number of aryl methyl sites for hydroxylation is 1. The number of amides is 1. The summed E-state index contributed by atoms with van der Waals surface area (Å²) in [6.07, 6.45) is 3.19. The summed E-state index contributed by atoms with van der Waals surface area (Å²) in [5.74, 6) is -0.192. The van der Waals surface area contributed by atoms with E-state index in [1.807, 2.05) is 18.2 Å². The Labute approximate surface area is 152 Å². The van der Waals surface area contributed by atoms with Crippen molar-refractivity contribution in [3.8, 4) is 0 Å². The Kier molecular flexibility index (Phi) is 4.08. The fourth-order valence-corrected chi connectivity index (χ4v) is 5.20. The molecule has 2 aliphatic carbocycles. The molecule has 2 aromatic carbocycles. The van der Waals surface area contributed by atoms with Crippen molar-refractivity contribution in [2.45, 2.75) is 41.9 Å². The lowest BCUT2D eigenvalue weighted by Crippen LogP contribution is -2.27. The first-order valence-corrected chi connectivity index (χ1v) is 10.3. The molecule has 1 atom stereocenters. The molecule has 2 aliphatic rings. The Hall–Kier alpha value is -1.85. The molecule has 1 fully saturated rings. The number of rotatable bonds is 4. The molecule has 130 valence electrons. The fourth-order valence-electron chi connectivity index (χ4n) is 3.34. The highest BCUT2D eigenvalue weighted by molar-refractivity contribution is 7.92. The van der Waals surface area contributed by atoms with Gasteiger partial charge in [-0.1, -0.05) is 17.7 Å². The lowest BCUT2D eigenvalue weighted by molar-refractivity contribution is 0.0936. The van der Waals surface area contributed by atoms with Crippen molar-refractivity contribution in [3.05, 3.63) is 64.2 Å². The van der Waals surface area contributed by atoms with Crippen LogP contribution in [0.15, 0.2) is 47.4 Å². The summed E-state index contributed by atoms with van der Waals surface area (Å²) >= 11 is 6.01. The van der Waals surface area contributed by atoms with E-state index in [-0.39, 0.29) is 17.2 Å². The van der Waals surface area contributed by atoms with Crippen molar-refractivity contribution in [1.82, 2.24) is 5.32 Å². The summed E-state index contributed by atoms with van der Waals surface area (Å²) in [4.78, 5) is 12.8. The summed E-state index contributed by atoms with van der Waals surface area (Å²) in [7, 11) is -3.22. The zero-order valence-corrected chi connectivity index (χ0v) is 15.1. The number of carbonyl (C=O) groups is 1. The number of hydrogen-bond acceptors (Lipinski definition) is 3. The van der Waals surface area contributed by atoms with E-state index in [0.717, 1.165) is 31.2 Å². The third-order valence-corrected chi connectivity index (χ3v) is 7.41. The predicted molar refractivity (Wildman–Crippen MR) is 96.6 cm³/mol. The molecular formula is C19H18ClNO3S. The average molecular weight is 376 g/mol. The molecule has 0 saturated heterocycles. The van der Waals surface area contributed by atoms with Crippen molar-refractivity contribution in [3.63, 3.8) is 0 Å². The minimum absolute atomic E-state index is 0.0327. The van der Waals surface area contributed by atoms with E-state index in [4.69, 9.17) is 11.6 Å². The number of fused-ring (bicyclic) bond motifs is 1. The van der Waals surface area contributed by atoms with Crippen LogP contribution in [0.5, 0.6) is 0 Å². The van der Waals surface area contributed by atoms with E-state index < -0.39 is 9.84 Å². The van der Waals surface area contributed by atoms with Gasteiger partial charge >= 0.3 is 0 Å². The molecule has 2 aromatic rings. The summed E-state index contributed by atoms with van der Waals surface area (Å²) in [5.41, 5.74) is 2.74. The van der Waals surface area contributed by atoms with Gasteiger partial charge in [-0.15, -0.1) is 0 Å². The highest BCUT2D eigenvalue weighted by Gasteiger charge is 2.36. The first kappa shape index (κ1) is 16.6. The normalized spacial score (nSPS) is 19.5. The van der Waals surface area contributed by atoms with Gasteiger partial charge in [0.1, 0.15) is 0 Å². The van der Waals surface area contributed by atoms with Gasteiger partial charge in [-0.05, 0) is 73.2 Å². The van der Waals surface area contributed by atoms with Crippen molar-refractivity contribution in [2.24, 2.45) is 0 Å². The molecule has 0 radical (unpaired) electrons. The van der Waals surface area contributed by atoms with Gasteiger partial charge in [0, 0.05) is 10.6 Å². The molecule has 0 aromatic heterocycles. The summed E-state index contributed by atoms with van der Waals surface area (Å²) in [6, 6.07) is 11.9. The van der Waals surface area contributed by atoms with Gasteiger partial charge < -0.3 is 5.32 Å². The van der Waals surface area contributed by atoms with Gasteiger partial charge in [0.2, 0.25) is 0 Å². The van der Waals surface area contributed by atoms with E-state index in [1.165, 1.54) is 17.7 Å². The third kappa shape index (κ3) is 3.18. The van der Waals surface area contributed by atoms with Crippen LogP contribution >= 0.6 is 11.6 Å². The van der Waals surface area contributed by atoms with Crippen molar-refractivity contribution in [1.29, 1.82) is 0 Å². The minimum atomic E-state index is -3.22. The number of hydrogen-bond donors (Lipinski definition) is 1. The van der Waals surface area contributed by atoms with Gasteiger partial charge in [0.25, 0.3) is 5.91 Å². The lowest BCUT2D eigenvalue weighted by Gasteiger charge is -2.14. The average Bonchev–Trinajstić information content (AvgIpc) is 3.39. The van der Waals surface area contributed by atoms with Crippen LogP contribution in [0.2, 0.25) is 5.02 Å². The molecule has 1 N–H and O–H groups in total. The molecule has 0 heterocycles. The standard InChI is InChI=1S/C19H18ClNO3S/c20-14-4-9-17-13(11-14)3-10-18(17)21-19(22)12-1-5-15(6-2-12)25(23,24)16-7-8-16/h1-2,4-6,9,11,16,18H,3,7-8,10H2,(H,21,22). The first-order chi connectivity index (χ1) is 11.9. The van der Waals surface area contributed by atoms with Crippen molar-refractivity contribution in [2.75, 3.05) is 0 Å². The van der Waals surface area contributed by atoms with Crippen LogP contribution < -0.4 is 5.32 Å². The van der Waals surface area contributed by atoms with Crippen LogP contribution in [-0.4, -0.2) is 19.6 Å². The van der Waals surface area contributed by atoms with E-state index in [2.05, 4.69) is 5.32 Å². The maximum absolute atomic E-state index is 12.5. The van der Waals surface area contributed by atoms with Crippen LogP contribution in [0.4, 0.5) is 0 Å². The van der Waals surface area contributed by atoms with Crippen molar-refractivity contribution >= 4 is 27.3 Å². The number of benzene rings is 2. The van der Waals surface area contributed by atoms with Crippen molar-refractivity contribution < 1.29 is 13.2 Å². The molecule has 1 saturated carbocycles. The van der Waals surface area contributed by atoms with Crippen LogP contribution in [0.3, 0.4) is 0 Å². The lowest BCUT2D eigenvalue weighted by atomic mass is 10.1. The van der Waals surface area contributed by atoms with E-state index in [9.17, 15) is 13.2 Å². The molecule has 0 aliphatic heterocycles. The Morgan fingerprint density at radius 3 is 2.44 bits per heavy atom. The second-order valence-corrected chi connectivity index (χ2v) is 9.34. The monoisotopic (exact) mass is 375 g/mol. The Morgan fingerprint density at radius 1 is 1.04 bits per heavy atom. The van der Waals surface area contributed by atoms with Gasteiger partial charge in [-0.2, -0.15) is 0 Å². The topological polar surface area (TPSA) is 63.2 Å². The minimum Gasteiger partial charge on any atom is -0.345 e. The molecule has 0 spiro atoms. The Bertz CT molecular complexity index is 934. The number of halogens is 1. The second-order valence-electron chi connectivity index (χ2n) is 6.68. The number of sulfone groups is 1. The van der Waals surface area contributed by atoms with Crippen LogP contribution in [0, 0.1) is 0 Å². The summed E-state index contributed by atoms with van der Waals surface area (Å²) in [5, 5.41) is 3.50. The molecule has 0 bridgehead atoms. The van der Waals surface area contributed by atoms with Crippen LogP contribution in [0.25, 0.3) is 0 Å². The first-order valence-electron chi connectivity index (χ1n) is 8.38. The quantitative estimate of drug-likeness (QED) is 0.886. The van der Waals surface area contributed by atoms with E-state index in [1.54, 1.807) is 12.1 Å². The molecular weight excluding hydrogens is 358 g/mol. The van der Waals surface area contributed by atoms with Gasteiger partial charge in [-0.25, -0.2) is 8.42 Å². The van der Waals surface area contributed by atoms with E-state index in [0.29, 0.717) is 15.5 Å². The van der Waals surface area contributed by atoms with Gasteiger partial charge in [-0.3, -0.25) is 4.79 Å². The fraction of sp³-hybridized carbons (Fsp3) is 0.316. The number of carbonyl (C=O) groups excluding carboxylic acids is 1. The Balaban J connectivity index is 1.49. The summed E-state index contributed by atoms with van der Waals surface area (Å²) in [6.45, 7) is 0. The highest BCUT2D eigenvalue weighted by atomic mass is 35.5. The molecule has 1 amide bonds. The van der Waals surface area contributed by atoms with Gasteiger partial charge in [0.05, 0.1) is 16.2 Å². The van der Waals surface area contributed by atoms with Crippen LogP contribution in [-0.2, 0) is 16.3 Å². The third-order valence-electron chi connectivity index (χ3n) is 4.90. The SMILES string of the molecule is O=C(NC1CCc2cc(Cl)ccc21)c1ccc(S(=O)(=O)C2CC2)cc1. The molecule has 6 heteroatoms. The maximum atomic E-state index is 12.5. The zero-order chi connectivity index (χ0) is 17.6. The number of nitrogens with one attached hydrogen (secondary N) is 1. The smallest absolute Gasteiger partial charge is 0.251 e. The zero-order valence-electron chi connectivity index (χ0n) is 13.5. The second kappa shape index (κ2) is 6.15. The molecule has 25 heavy (non-hydrogen) atoms. The molecule has 1 unspecified atom stereocenters. The molecule has 4 nitrogen and oxygen atoms in total. The van der Waals surface area contributed by atoms with Crippen LogP contribution in [0.1, 0.15) is 46.8 Å². The Morgan fingerprint density at radius 2 is 1.76 bits per heavy atom. The largest absolute Gasteiger partial charge is 0.345 e. The summed E-state index contributed by atoms with van der Waals surface area (Å²) < 4.78 is 24.4. The maximum Gasteiger partial charge on any atom is 0.251 e. The molecule has 4 rings (SSSR count). The van der Waals surface area contributed by atoms with Gasteiger partial charge in [0.15, 0.2) is 9.84 Å².